The van der Waals surface area contributed by atoms with Gasteiger partial charge >= 0.3 is 0 Å². The van der Waals surface area contributed by atoms with Crippen LogP contribution in [0.2, 0.25) is 0 Å². The minimum absolute atomic E-state index is 0.0235. The van der Waals surface area contributed by atoms with Crippen molar-refractivity contribution in [1.82, 2.24) is 4.72 Å². The molecule has 0 heterocycles. The molecule has 3 nitrogen and oxygen atoms in total. The highest BCUT2D eigenvalue weighted by Gasteiger charge is 2.18. The van der Waals surface area contributed by atoms with E-state index in [-0.39, 0.29) is 11.8 Å². The average Bonchev–Trinajstić information content (AvgIpc) is 2.74. The van der Waals surface area contributed by atoms with Crippen molar-refractivity contribution in [1.29, 1.82) is 0 Å². The third kappa shape index (κ3) is 4.91. The predicted octanol–water partition coefficient (Wildman–Crippen LogP) is 6.01. The van der Waals surface area contributed by atoms with Crippen LogP contribution in [0.3, 0.4) is 0 Å². The molecule has 0 fully saturated rings. The minimum atomic E-state index is -0.199. The minimum Gasteiger partial charge on any atom is -0.497 e. The molecular formula is C23H23NO2S2. The first-order valence-electron chi connectivity index (χ1n) is 8.96. The van der Waals surface area contributed by atoms with Gasteiger partial charge in [-0.2, -0.15) is 0 Å². The van der Waals surface area contributed by atoms with Crippen molar-refractivity contribution >= 4 is 29.6 Å². The van der Waals surface area contributed by atoms with Crippen molar-refractivity contribution in [3.8, 4) is 16.9 Å². The second kappa shape index (κ2) is 9.71. The quantitative estimate of drug-likeness (QED) is 0.485. The molecule has 1 atom stereocenters. The topological polar surface area (TPSA) is 38.3 Å². The molecule has 0 aromatic heterocycles. The first-order chi connectivity index (χ1) is 13.6. The van der Waals surface area contributed by atoms with Crippen molar-refractivity contribution in [3.63, 3.8) is 0 Å². The summed E-state index contributed by atoms with van der Waals surface area (Å²) in [5, 5.41) is 0. The van der Waals surface area contributed by atoms with Crippen LogP contribution in [0.15, 0.2) is 82.6 Å². The Hall–Kier alpha value is -2.37. The van der Waals surface area contributed by atoms with Crippen LogP contribution in [0, 0.1) is 0 Å². The van der Waals surface area contributed by atoms with E-state index in [2.05, 4.69) is 47.2 Å². The number of carbonyl (C=O) groups excluding carboxylic acids is 1. The average molecular weight is 410 g/mol. The zero-order valence-corrected chi connectivity index (χ0v) is 17.8. The van der Waals surface area contributed by atoms with E-state index in [1.807, 2.05) is 43.5 Å². The summed E-state index contributed by atoms with van der Waals surface area (Å²) in [6.45, 7) is 1.94. The third-order valence-corrected chi connectivity index (χ3v) is 5.99. The second-order valence-electron chi connectivity index (χ2n) is 6.28. The number of ether oxygens (including phenoxy) is 1. The zero-order valence-electron chi connectivity index (χ0n) is 16.1. The number of benzene rings is 3. The smallest absolute Gasteiger partial charge is 0.237 e. The standard InChI is InChI=1S/C23H23NO2S2/c1-16(23(25)24-27-3)21-6-4-5-7-22(21)28-20-14-10-18(11-15-20)17-8-12-19(26-2)13-9-17/h4-16H,1-3H3,(H,24,25). The summed E-state index contributed by atoms with van der Waals surface area (Å²) in [7, 11) is 1.67. The van der Waals surface area contributed by atoms with Gasteiger partial charge < -0.3 is 4.74 Å². The fourth-order valence-corrected chi connectivity index (χ4v) is 4.30. The van der Waals surface area contributed by atoms with Crippen molar-refractivity contribution in [2.24, 2.45) is 0 Å². The van der Waals surface area contributed by atoms with Gasteiger partial charge in [-0.05, 0) is 53.9 Å². The van der Waals surface area contributed by atoms with E-state index in [1.54, 1.807) is 18.9 Å². The molecule has 0 spiro atoms. The lowest BCUT2D eigenvalue weighted by Gasteiger charge is -2.15. The third-order valence-electron chi connectivity index (χ3n) is 4.49. The highest BCUT2D eigenvalue weighted by Crippen LogP contribution is 2.35. The molecule has 3 aromatic carbocycles. The van der Waals surface area contributed by atoms with Crippen LogP contribution in [-0.4, -0.2) is 19.3 Å². The van der Waals surface area contributed by atoms with Crippen molar-refractivity contribution in [2.45, 2.75) is 22.6 Å². The molecule has 0 aliphatic rings. The fraction of sp³-hybridized carbons (Fsp3) is 0.174. The van der Waals surface area contributed by atoms with Gasteiger partial charge in [-0.15, -0.1) is 0 Å². The number of amides is 1. The van der Waals surface area contributed by atoms with Gasteiger partial charge in [-0.3, -0.25) is 9.52 Å². The van der Waals surface area contributed by atoms with Gasteiger partial charge in [0.2, 0.25) is 5.91 Å². The van der Waals surface area contributed by atoms with E-state index in [1.165, 1.54) is 11.9 Å². The number of rotatable bonds is 7. The number of hydrogen-bond acceptors (Lipinski definition) is 4. The van der Waals surface area contributed by atoms with E-state index in [4.69, 9.17) is 4.74 Å². The van der Waals surface area contributed by atoms with Crippen LogP contribution in [0.1, 0.15) is 18.4 Å². The highest BCUT2D eigenvalue weighted by molar-refractivity contribution is 7.99. The SMILES string of the molecule is COc1ccc(-c2ccc(Sc3ccccc3C(C)C(=O)NSC)cc2)cc1. The Morgan fingerprint density at radius 3 is 2.14 bits per heavy atom. The number of nitrogens with one attached hydrogen (secondary N) is 1. The van der Waals surface area contributed by atoms with Gasteiger partial charge in [-0.25, -0.2) is 0 Å². The van der Waals surface area contributed by atoms with Crippen LogP contribution < -0.4 is 9.46 Å². The Morgan fingerprint density at radius 1 is 0.929 bits per heavy atom. The number of hydrogen-bond donors (Lipinski definition) is 1. The Balaban J connectivity index is 1.78. The Labute approximate surface area is 175 Å². The lowest BCUT2D eigenvalue weighted by molar-refractivity contribution is -0.120. The Morgan fingerprint density at radius 2 is 1.54 bits per heavy atom. The van der Waals surface area contributed by atoms with Crippen LogP contribution in [-0.2, 0) is 4.79 Å². The van der Waals surface area contributed by atoms with E-state index < -0.39 is 0 Å². The lowest BCUT2D eigenvalue weighted by atomic mass is 10.0. The maximum atomic E-state index is 12.2. The van der Waals surface area contributed by atoms with Gasteiger partial charge in [0, 0.05) is 16.0 Å². The molecule has 0 bridgehead atoms. The van der Waals surface area contributed by atoms with E-state index in [0.717, 1.165) is 32.2 Å². The van der Waals surface area contributed by atoms with Gasteiger partial charge in [-0.1, -0.05) is 66.2 Å². The molecule has 1 amide bonds. The van der Waals surface area contributed by atoms with Gasteiger partial charge in [0.25, 0.3) is 0 Å². The summed E-state index contributed by atoms with van der Waals surface area (Å²) < 4.78 is 8.05. The monoisotopic (exact) mass is 409 g/mol. The first kappa shape index (κ1) is 20.4. The van der Waals surface area contributed by atoms with E-state index >= 15 is 0 Å². The van der Waals surface area contributed by atoms with Crippen LogP contribution >= 0.6 is 23.7 Å². The fourth-order valence-electron chi connectivity index (χ4n) is 2.89. The summed E-state index contributed by atoms with van der Waals surface area (Å²) in [4.78, 5) is 14.5. The molecule has 3 rings (SSSR count). The van der Waals surface area contributed by atoms with Crippen LogP contribution in [0.4, 0.5) is 0 Å². The predicted molar refractivity (Wildman–Crippen MR) is 119 cm³/mol. The lowest BCUT2D eigenvalue weighted by Crippen LogP contribution is -2.22. The molecule has 1 unspecified atom stereocenters. The molecular weight excluding hydrogens is 386 g/mol. The molecule has 144 valence electrons. The summed E-state index contributed by atoms with van der Waals surface area (Å²) in [5.41, 5.74) is 3.35. The highest BCUT2D eigenvalue weighted by atomic mass is 32.2. The molecule has 28 heavy (non-hydrogen) atoms. The van der Waals surface area contributed by atoms with E-state index in [9.17, 15) is 4.79 Å². The van der Waals surface area contributed by atoms with Gasteiger partial charge in [0.15, 0.2) is 0 Å². The number of methoxy groups -OCH3 is 1. The zero-order chi connectivity index (χ0) is 19.9. The molecule has 5 heteroatoms. The van der Waals surface area contributed by atoms with Gasteiger partial charge in [0.1, 0.15) is 5.75 Å². The summed E-state index contributed by atoms with van der Waals surface area (Å²) >= 11 is 3.01. The molecule has 0 aliphatic heterocycles. The van der Waals surface area contributed by atoms with Crippen LogP contribution in [0.25, 0.3) is 11.1 Å². The molecule has 3 aromatic rings. The van der Waals surface area contributed by atoms with Crippen molar-refractivity contribution in [3.05, 3.63) is 78.4 Å². The largest absolute Gasteiger partial charge is 0.497 e. The van der Waals surface area contributed by atoms with Crippen LogP contribution in [0.5, 0.6) is 5.75 Å². The molecule has 1 N–H and O–H groups in total. The molecule has 0 aliphatic carbocycles. The Kier molecular flexibility index (Phi) is 7.06. The molecule has 0 saturated heterocycles. The summed E-state index contributed by atoms with van der Waals surface area (Å²) in [6.07, 6.45) is 1.86. The molecule has 0 radical (unpaired) electrons. The second-order valence-corrected chi connectivity index (χ2v) is 8.01. The number of carbonyl (C=O) groups is 1. The van der Waals surface area contributed by atoms with Crippen molar-refractivity contribution < 1.29 is 9.53 Å². The van der Waals surface area contributed by atoms with Gasteiger partial charge in [0.05, 0.1) is 13.0 Å². The maximum Gasteiger partial charge on any atom is 0.237 e. The molecule has 0 saturated carbocycles. The maximum absolute atomic E-state index is 12.2. The first-order valence-corrected chi connectivity index (χ1v) is 11.0. The normalized spacial score (nSPS) is 11.7. The Bertz CT molecular complexity index is 924. The van der Waals surface area contributed by atoms with Crippen molar-refractivity contribution in [2.75, 3.05) is 13.4 Å². The summed E-state index contributed by atoms with van der Waals surface area (Å²) in [5.74, 6) is 0.678. The summed E-state index contributed by atoms with van der Waals surface area (Å²) in [6, 6.07) is 24.6. The van der Waals surface area contributed by atoms with E-state index in [0.29, 0.717) is 0 Å².